The van der Waals surface area contributed by atoms with Crippen molar-refractivity contribution in [1.82, 2.24) is 10.2 Å². The summed E-state index contributed by atoms with van der Waals surface area (Å²) in [6.07, 6.45) is 5.30. The number of nitrogens with zero attached hydrogens (tertiary/aromatic N) is 1. The van der Waals surface area contributed by atoms with Crippen LogP contribution >= 0.6 is 0 Å². The van der Waals surface area contributed by atoms with Crippen LogP contribution in [0.25, 0.3) is 0 Å². The Morgan fingerprint density at radius 3 is 2.60 bits per heavy atom. The van der Waals surface area contributed by atoms with E-state index in [1.165, 1.54) is 51.9 Å². The average Bonchev–Trinajstić information content (AvgIpc) is 2.79. The van der Waals surface area contributed by atoms with Crippen molar-refractivity contribution in [2.75, 3.05) is 45.9 Å². The molecule has 0 amide bonds. The van der Waals surface area contributed by atoms with Crippen LogP contribution in [0.15, 0.2) is 0 Å². The summed E-state index contributed by atoms with van der Waals surface area (Å²) in [5, 5.41) is 3.58. The molecule has 0 spiro atoms. The molecule has 2 saturated heterocycles. The van der Waals surface area contributed by atoms with E-state index < -0.39 is 0 Å². The van der Waals surface area contributed by atoms with Crippen LogP contribution in [0.2, 0.25) is 0 Å². The maximum atomic E-state index is 5.35. The highest BCUT2D eigenvalue weighted by Crippen LogP contribution is 2.13. The monoisotopic (exact) mass is 212 g/mol. The third-order valence-electron chi connectivity index (χ3n) is 3.58. The van der Waals surface area contributed by atoms with Gasteiger partial charge >= 0.3 is 0 Å². The Hall–Kier alpha value is -0.120. The lowest BCUT2D eigenvalue weighted by Gasteiger charge is -2.23. The zero-order chi connectivity index (χ0) is 10.3. The van der Waals surface area contributed by atoms with Gasteiger partial charge in [-0.05, 0) is 51.2 Å². The van der Waals surface area contributed by atoms with Crippen LogP contribution in [-0.2, 0) is 4.74 Å². The maximum absolute atomic E-state index is 5.35. The van der Waals surface area contributed by atoms with E-state index in [9.17, 15) is 0 Å². The Balaban J connectivity index is 1.47. The molecule has 15 heavy (non-hydrogen) atoms. The third-order valence-corrected chi connectivity index (χ3v) is 3.58. The molecule has 0 aromatic carbocycles. The van der Waals surface area contributed by atoms with E-state index in [-0.39, 0.29) is 0 Å². The first-order valence-electron chi connectivity index (χ1n) is 6.46. The van der Waals surface area contributed by atoms with Crippen LogP contribution in [-0.4, -0.2) is 50.8 Å². The molecule has 88 valence electrons. The minimum atomic E-state index is 0.859. The van der Waals surface area contributed by atoms with Gasteiger partial charge in [0.05, 0.1) is 0 Å². The van der Waals surface area contributed by atoms with Gasteiger partial charge in [0.2, 0.25) is 0 Å². The standard InChI is InChI=1S/C12H24N2O/c1-2-7-14(6-1)8-5-13-11-12-3-9-15-10-4-12/h12-13H,1-11H2. The van der Waals surface area contributed by atoms with Crippen LogP contribution in [0.4, 0.5) is 0 Å². The average molecular weight is 212 g/mol. The third kappa shape index (κ3) is 4.09. The van der Waals surface area contributed by atoms with E-state index >= 15 is 0 Å². The van der Waals surface area contributed by atoms with Gasteiger partial charge in [0.15, 0.2) is 0 Å². The second-order valence-electron chi connectivity index (χ2n) is 4.81. The van der Waals surface area contributed by atoms with Crippen molar-refractivity contribution in [3.05, 3.63) is 0 Å². The molecule has 0 unspecified atom stereocenters. The summed E-state index contributed by atoms with van der Waals surface area (Å²) in [5.41, 5.74) is 0. The topological polar surface area (TPSA) is 24.5 Å². The molecule has 2 aliphatic heterocycles. The van der Waals surface area contributed by atoms with E-state index in [2.05, 4.69) is 10.2 Å². The Labute approximate surface area is 93.2 Å². The highest BCUT2D eigenvalue weighted by Gasteiger charge is 2.14. The summed E-state index contributed by atoms with van der Waals surface area (Å²) in [6.45, 7) is 8.17. The molecule has 0 radical (unpaired) electrons. The van der Waals surface area contributed by atoms with Crippen LogP contribution in [0, 0.1) is 5.92 Å². The van der Waals surface area contributed by atoms with Gasteiger partial charge in [-0.3, -0.25) is 0 Å². The lowest BCUT2D eigenvalue weighted by molar-refractivity contribution is 0.0662. The van der Waals surface area contributed by atoms with Gasteiger partial charge in [-0.15, -0.1) is 0 Å². The molecule has 3 nitrogen and oxygen atoms in total. The summed E-state index contributed by atoms with van der Waals surface area (Å²) in [4.78, 5) is 2.57. The van der Waals surface area contributed by atoms with Gasteiger partial charge in [0.25, 0.3) is 0 Å². The molecule has 3 heteroatoms. The van der Waals surface area contributed by atoms with E-state index in [4.69, 9.17) is 4.74 Å². The lowest BCUT2D eigenvalue weighted by Crippen LogP contribution is -2.34. The normalized spacial score (nSPS) is 24.8. The van der Waals surface area contributed by atoms with Crippen LogP contribution in [0.1, 0.15) is 25.7 Å². The van der Waals surface area contributed by atoms with Crippen molar-refractivity contribution in [2.45, 2.75) is 25.7 Å². The minimum Gasteiger partial charge on any atom is -0.381 e. The predicted molar refractivity (Wildman–Crippen MR) is 62.1 cm³/mol. The summed E-state index contributed by atoms with van der Waals surface area (Å²) in [7, 11) is 0. The van der Waals surface area contributed by atoms with Crippen molar-refractivity contribution in [2.24, 2.45) is 5.92 Å². The van der Waals surface area contributed by atoms with Crippen molar-refractivity contribution >= 4 is 0 Å². The fraction of sp³-hybridized carbons (Fsp3) is 1.00. The Morgan fingerprint density at radius 1 is 1.13 bits per heavy atom. The number of ether oxygens (including phenoxy) is 1. The molecule has 0 atom stereocenters. The summed E-state index contributed by atoms with van der Waals surface area (Å²) in [5.74, 6) is 0.859. The fourth-order valence-corrected chi connectivity index (χ4v) is 2.50. The zero-order valence-electron chi connectivity index (χ0n) is 9.71. The molecular formula is C12H24N2O. The van der Waals surface area contributed by atoms with Gasteiger partial charge in [0.1, 0.15) is 0 Å². The number of hydrogen-bond acceptors (Lipinski definition) is 3. The molecule has 0 saturated carbocycles. The first-order chi connectivity index (χ1) is 7.45. The van der Waals surface area contributed by atoms with Gasteiger partial charge in [0, 0.05) is 26.3 Å². The first kappa shape index (κ1) is 11.4. The molecule has 0 aliphatic carbocycles. The minimum absolute atomic E-state index is 0.859. The molecule has 1 N–H and O–H groups in total. The SMILES string of the molecule is C1CCN(CCNCC2CCOCC2)C1. The molecule has 0 bridgehead atoms. The number of hydrogen-bond donors (Lipinski definition) is 1. The molecule has 0 aromatic rings. The second-order valence-corrected chi connectivity index (χ2v) is 4.81. The Bertz CT molecular complexity index is 163. The van der Waals surface area contributed by atoms with E-state index in [0.29, 0.717) is 0 Å². The Morgan fingerprint density at radius 2 is 1.87 bits per heavy atom. The van der Waals surface area contributed by atoms with Crippen LogP contribution < -0.4 is 5.32 Å². The molecule has 2 heterocycles. The van der Waals surface area contributed by atoms with E-state index in [1.807, 2.05) is 0 Å². The number of likely N-dealkylation sites (tertiary alicyclic amines) is 1. The molecule has 2 fully saturated rings. The van der Waals surface area contributed by atoms with Gasteiger partial charge < -0.3 is 15.0 Å². The van der Waals surface area contributed by atoms with Gasteiger partial charge in [-0.25, -0.2) is 0 Å². The zero-order valence-corrected chi connectivity index (χ0v) is 9.71. The van der Waals surface area contributed by atoms with Gasteiger partial charge in [-0.2, -0.15) is 0 Å². The maximum Gasteiger partial charge on any atom is 0.0469 e. The van der Waals surface area contributed by atoms with E-state index in [0.717, 1.165) is 25.7 Å². The van der Waals surface area contributed by atoms with Crippen LogP contribution in [0.5, 0.6) is 0 Å². The van der Waals surface area contributed by atoms with Crippen LogP contribution in [0.3, 0.4) is 0 Å². The first-order valence-corrected chi connectivity index (χ1v) is 6.46. The van der Waals surface area contributed by atoms with Crippen molar-refractivity contribution in [1.29, 1.82) is 0 Å². The Kier molecular flexibility index (Phi) is 4.90. The summed E-state index contributed by atoms with van der Waals surface area (Å²) >= 11 is 0. The quantitative estimate of drug-likeness (QED) is 0.691. The molecule has 2 aliphatic rings. The second kappa shape index (κ2) is 6.46. The fourth-order valence-electron chi connectivity index (χ4n) is 2.50. The van der Waals surface area contributed by atoms with Gasteiger partial charge in [-0.1, -0.05) is 0 Å². The van der Waals surface area contributed by atoms with Crippen molar-refractivity contribution in [3.63, 3.8) is 0 Å². The highest BCUT2D eigenvalue weighted by molar-refractivity contribution is 4.69. The number of rotatable bonds is 5. The van der Waals surface area contributed by atoms with Crippen molar-refractivity contribution < 1.29 is 4.74 Å². The smallest absolute Gasteiger partial charge is 0.0469 e. The predicted octanol–water partition coefficient (Wildman–Crippen LogP) is 1.10. The van der Waals surface area contributed by atoms with E-state index in [1.54, 1.807) is 0 Å². The largest absolute Gasteiger partial charge is 0.381 e. The summed E-state index contributed by atoms with van der Waals surface area (Å²) in [6, 6.07) is 0. The molecular weight excluding hydrogens is 188 g/mol. The lowest BCUT2D eigenvalue weighted by atomic mass is 10.0. The molecule has 2 rings (SSSR count). The summed E-state index contributed by atoms with van der Waals surface area (Å²) < 4.78 is 5.35. The highest BCUT2D eigenvalue weighted by atomic mass is 16.5. The van der Waals surface area contributed by atoms with Crippen molar-refractivity contribution in [3.8, 4) is 0 Å². The number of nitrogens with one attached hydrogen (secondary N) is 1. The molecule has 0 aromatic heterocycles.